The molecule has 1 aliphatic rings. The molecular formula is C17H23NO5. The number of rotatable bonds is 4. The van der Waals surface area contributed by atoms with Gasteiger partial charge in [-0.3, -0.25) is 0 Å². The molecule has 23 heavy (non-hydrogen) atoms. The summed E-state index contributed by atoms with van der Waals surface area (Å²) in [5.74, 6) is -0.687. The number of benzene rings is 1. The average molecular weight is 321 g/mol. The molecule has 1 unspecified atom stereocenters. The van der Waals surface area contributed by atoms with Crippen LogP contribution in [0.25, 0.3) is 0 Å². The third kappa shape index (κ3) is 4.69. The molecule has 126 valence electrons. The maximum Gasteiger partial charge on any atom is 0.410 e. The number of esters is 1. The van der Waals surface area contributed by atoms with Crippen molar-refractivity contribution in [3.63, 3.8) is 0 Å². The van der Waals surface area contributed by atoms with E-state index in [-0.39, 0.29) is 25.7 Å². The van der Waals surface area contributed by atoms with Crippen LogP contribution in [0.1, 0.15) is 32.3 Å². The Morgan fingerprint density at radius 2 is 2.00 bits per heavy atom. The summed E-state index contributed by atoms with van der Waals surface area (Å²) < 4.78 is 10.3. The molecule has 1 aromatic carbocycles. The van der Waals surface area contributed by atoms with Crippen LogP contribution in [-0.2, 0) is 20.9 Å². The molecular weight excluding hydrogens is 298 g/mol. The minimum atomic E-state index is -1.66. The number of hydrogen-bond donors (Lipinski definition) is 1. The molecule has 0 bridgehead atoms. The van der Waals surface area contributed by atoms with Crippen molar-refractivity contribution in [3.8, 4) is 0 Å². The van der Waals surface area contributed by atoms with E-state index in [2.05, 4.69) is 0 Å². The van der Waals surface area contributed by atoms with Crippen molar-refractivity contribution >= 4 is 12.1 Å². The normalized spacial score (nSPS) is 21.1. The predicted octanol–water partition coefficient (Wildman–Crippen LogP) is 2.10. The number of carbonyl (C=O) groups is 2. The quantitative estimate of drug-likeness (QED) is 0.860. The van der Waals surface area contributed by atoms with E-state index in [1.54, 1.807) is 13.8 Å². The zero-order valence-electron chi connectivity index (χ0n) is 13.5. The summed E-state index contributed by atoms with van der Waals surface area (Å²) in [4.78, 5) is 25.5. The Hall–Kier alpha value is -2.08. The minimum Gasteiger partial charge on any atom is -0.461 e. The zero-order chi connectivity index (χ0) is 16.9. The molecule has 1 heterocycles. The smallest absolute Gasteiger partial charge is 0.410 e. The van der Waals surface area contributed by atoms with Gasteiger partial charge in [0.25, 0.3) is 0 Å². The highest BCUT2D eigenvalue weighted by Gasteiger charge is 2.43. The van der Waals surface area contributed by atoms with E-state index in [0.717, 1.165) is 5.56 Å². The van der Waals surface area contributed by atoms with Crippen LogP contribution >= 0.6 is 0 Å². The fourth-order valence-electron chi connectivity index (χ4n) is 2.49. The molecule has 1 saturated heterocycles. The molecule has 6 nitrogen and oxygen atoms in total. The van der Waals surface area contributed by atoms with Crippen LogP contribution in [0.4, 0.5) is 4.79 Å². The Morgan fingerprint density at radius 1 is 1.30 bits per heavy atom. The van der Waals surface area contributed by atoms with Crippen LogP contribution in [-0.4, -0.2) is 46.9 Å². The molecule has 1 fully saturated rings. The second kappa shape index (κ2) is 7.46. The molecule has 0 aromatic heterocycles. The largest absolute Gasteiger partial charge is 0.461 e. The number of ether oxygens (including phenoxy) is 2. The lowest BCUT2D eigenvalue weighted by Gasteiger charge is -2.37. The maximum absolute atomic E-state index is 12.1. The van der Waals surface area contributed by atoms with Gasteiger partial charge in [0, 0.05) is 6.54 Å². The molecule has 1 amide bonds. The Morgan fingerprint density at radius 3 is 2.65 bits per heavy atom. The summed E-state index contributed by atoms with van der Waals surface area (Å²) in [6, 6.07) is 9.34. The maximum atomic E-state index is 12.1. The first kappa shape index (κ1) is 17.3. The second-order valence-corrected chi connectivity index (χ2v) is 6.05. The van der Waals surface area contributed by atoms with Crippen molar-refractivity contribution in [2.24, 2.45) is 0 Å². The summed E-state index contributed by atoms with van der Waals surface area (Å²) in [7, 11) is 0. The SMILES string of the molecule is CC(C)OC(=O)C1(O)CCCN(C(=O)OCc2ccccc2)C1. The lowest BCUT2D eigenvalue weighted by atomic mass is 9.93. The lowest BCUT2D eigenvalue weighted by Crippen LogP contribution is -2.55. The fraction of sp³-hybridized carbons (Fsp3) is 0.529. The van der Waals surface area contributed by atoms with Crippen LogP contribution in [0, 0.1) is 0 Å². The number of aliphatic hydroxyl groups is 1. The summed E-state index contributed by atoms with van der Waals surface area (Å²) in [6.07, 6.45) is -0.0539. The van der Waals surface area contributed by atoms with Crippen molar-refractivity contribution in [2.75, 3.05) is 13.1 Å². The molecule has 0 saturated carbocycles. The first-order chi connectivity index (χ1) is 10.9. The number of likely N-dealkylation sites (tertiary alicyclic amines) is 1. The average Bonchev–Trinajstić information content (AvgIpc) is 2.53. The fourth-order valence-corrected chi connectivity index (χ4v) is 2.49. The Bertz CT molecular complexity index is 545. The summed E-state index contributed by atoms with van der Waals surface area (Å²) in [5, 5.41) is 10.5. The van der Waals surface area contributed by atoms with Gasteiger partial charge in [-0.1, -0.05) is 30.3 Å². The Labute approximate surface area is 136 Å². The van der Waals surface area contributed by atoms with Gasteiger partial charge in [-0.05, 0) is 32.3 Å². The van der Waals surface area contributed by atoms with Crippen molar-refractivity contribution in [3.05, 3.63) is 35.9 Å². The highest BCUT2D eigenvalue weighted by atomic mass is 16.6. The lowest BCUT2D eigenvalue weighted by molar-refractivity contribution is -0.174. The number of β-amino-alcohol motifs (C(OH)–C–C–N with tert-alkyl or cyclic N) is 1. The van der Waals surface area contributed by atoms with Crippen molar-refractivity contribution in [1.82, 2.24) is 4.90 Å². The van der Waals surface area contributed by atoms with Gasteiger partial charge in [-0.25, -0.2) is 9.59 Å². The Kier molecular flexibility index (Phi) is 5.60. The van der Waals surface area contributed by atoms with Gasteiger partial charge in [0.1, 0.15) is 6.61 Å². The number of nitrogens with zero attached hydrogens (tertiary/aromatic N) is 1. The van der Waals surface area contributed by atoms with E-state index in [4.69, 9.17) is 9.47 Å². The van der Waals surface area contributed by atoms with Gasteiger partial charge in [-0.2, -0.15) is 0 Å². The number of amides is 1. The summed E-state index contributed by atoms with van der Waals surface area (Å²) >= 11 is 0. The van der Waals surface area contributed by atoms with E-state index in [1.165, 1.54) is 4.90 Å². The summed E-state index contributed by atoms with van der Waals surface area (Å²) in [5.41, 5.74) is -0.777. The van der Waals surface area contributed by atoms with Crippen molar-refractivity contribution in [2.45, 2.75) is 45.0 Å². The van der Waals surface area contributed by atoms with Crippen molar-refractivity contribution < 1.29 is 24.2 Å². The molecule has 0 spiro atoms. The topological polar surface area (TPSA) is 76.1 Å². The third-order valence-corrected chi connectivity index (χ3v) is 3.66. The highest BCUT2D eigenvalue weighted by molar-refractivity contribution is 5.81. The summed E-state index contributed by atoms with van der Waals surface area (Å²) in [6.45, 7) is 3.94. The van der Waals surface area contributed by atoms with Crippen LogP contribution in [0.15, 0.2) is 30.3 Å². The molecule has 1 atom stereocenters. The van der Waals surface area contributed by atoms with E-state index in [9.17, 15) is 14.7 Å². The van der Waals surface area contributed by atoms with Crippen LogP contribution in [0.3, 0.4) is 0 Å². The van der Waals surface area contributed by atoms with Crippen molar-refractivity contribution in [1.29, 1.82) is 0 Å². The molecule has 2 rings (SSSR count). The zero-order valence-corrected chi connectivity index (χ0v) is 13.5. The molecule has 1 N–H and O–H groups in total. The van der Waals surface area contributed by atoms with Crippen LogP contribution in [0.5, 0.6) is 0 Å². The molecule has 6 heteroatoms. The van der Waals surface area contributed by atoms with Gasteiger partial charge in [0.15, 0.2) is 5.60 Å². The number of carbonyl (C=O) groups excluding carboxylic acids is 2. The van der Waals surface area contributed by atoms with E-state index < -0.39 is 17.7 Å². The van der Waals surface area contributed by atoms with Crippen LogP contribution < -0.4 is 0 Å². The van der Waals surface area contributed by atoms with Crippen LogP contribution in [0.2, 0.25) is 0 Å². The van der Waals surface area contributed by atoms with Gasteiger partial charge in [0.05, 0.1) is 12.6 Å². The van der Waals surface area contributed by atoms with E-state index >= 15 is 0 Å². The van der Waals surface area contributed by atoms with E-state index in [1.807, 2.05) is 30.3 Å². The molecule has 1 aliphatic heterocycles. The predicted molar refractivity (Wildman–Crippen MR) is 83.6 cm³/mol. The number of hydrogen-bond acceptors (Lipinski definition) is 5. The molecule has 0 radical (unpaired) electrons. The minimum absolute atomic E-state index is 0.105. The molecule has 1 aromatic rings. The second-order valence-electron chi connectivity index (χ2n) is 6.05. The van der Waals surface area contributed by atoms with Gasteiger partial charge >= 0.3 is 12.1 Å². The van der Waals surface area contributed by atoms with Gasteiger partial charge in [-0.15, -0.1) is 0 Å². The first-order valence-corrected chi connectivity index (χ1v) is 7.80. The Balaban J connectivity index is 1.92. The van der Waals surface area contributed by atoms with Gasteiger partial charge in [0.2, 0.25) is 0 Å². The standard InChI is InChI=1S/C17H23NO5/c1-13(2)23-15(19)17(21)9-6-10-18(12-17)16(20)22-11-14-7-4-3-5-8-14/h3-5,7-8,13,21H,6,9-12H2,1-2H3. The van der Waals surface area contributed by atoms with E-state index in [0.29, 0.717) is 13.0 Å². The van der Waals surface area contributed by atoms with Gasteiger partial charge < -0.3 is 19.5 Å². The first-order valence-electron chi connectivity index (χ1n) is 7.80. The highest BCUT2D eigenvalue weighted by Crippen LogP contribution is 2.24. The number of piperidine rings is 1. The molecule has 0 aliphatic carbocycles. The monoisotopic (exact) mass is 321 g/mol. The third-order valence-electron chi connectivity index (χ3n) is 3.66.